The van der Waals surface area contributed by atoms with Crippen molar-refractivity contribution in [1.82, 2.24) is 9.62 Å². The van der Waals surface area contributed by atoms with Crippen LogP contribution in [-0.2, 0) is 26.1 Å². The summed E-state index contributed by atoms with van der Waals surface area (Å²) in [5.74, 6) is -1.01. The summed E-state index contributed by atoms with van der Waals surface area (Å²) < 4.78 is 45.1. The first-order valence-electron chi connectivity index (χ1n) is 10.1. The number of piperidine rings is 1. The molecule has 0 unspecified atom stereocenters. The predicted molar refractivity (Wildman–Crippen MR) is 112 cm³/mol. The summed E-state index contributed by atoms with van der Waals surface area (Å²) in [7, 11) is -3.76. The van der Waals surface area contributed by atoms with Crippen LogP contribution in [0.1, 0.15) is 35.7 Å². The fourth-order valence-electron chi connectivity index (χ4n) is 3.40. The standard InChI is InChI=1S/C22H25FN2O5S/c1-2-30-22(27)18-11-13-25(14-12-18)21(26)17-5-3-16(4-6-17)15-24-31(28,29)20-9-7-19(23)8-10-20/h3-10,18,24H,2,11-15H2,1H3. The maximum absolute atomic E-state index is 13.0. The molecule has 0 radical (unpaired) electrons. The van der Waals surface area contributed by atoms with Gasteiger partial charge in [-0.15, -0.1) is 0 Å². The Kier molecular flexibility index (Phi) is 7.40. The van der Waals surface area contributed by atoms with Crippen LogP contribution >= 0.6 is 0 Å². The van der Waals surface area contributed by atoms with E-state index < -0.39 is 15.8 Å². The molecule has 1 aliphatic heterocycles. The lowest BCUT2D eigenvalue weighted by molar-refractivity contribution is -0.149. The number of halogens is 1. The lowest BCUT2D eigenvalue weighted by Crippen LogP contribution is -2.40. The van der Waals surface area contributed by atoms with E-state index >= 15 is 0 Å². The van der Waals surface area contributed by atoms with Crippen molar-refractivity contribution in [2.45, 2.75) is 31.2 Å². The number of nitrogens with one attached hydrogen (secondary N) is 1. The first kappa shape index (κ1) is 22.9. The van der Waals surface area contributed by atoms with Gasteiger partial charge in [0.25, 0.3) is 5.91 Å². The molecule has 1 aliphatic rings. The molecule has 0 aliphatic carbocycles. The van der Waals surface area contributed by atoms with Crippen LogP contribution in [0.2, 0.25) is 0 Å². The van der Waals surface area contributed by atoms with Crippen molar-refractivity contribution in [3.05, 3.63) is 65.5 Å². The number of sulfonamides is 1. The first-order chi connectivity index (χ1) is 14.8. The molecule has 9 heteroatoms. The van der Waals surface area contributed by atoms with Crippen molar-refractivity contribution in [3.63, 3.8) is 0 Å². The maximum Gasteiger partial charge on any atom is 0.309 e. The second-order valence-electron chi connectivity index (χ2n) is 7.29. The van der Waals surface area contributed by atoms with Gasteiger partial charge in [0.1, 0.15) is 5.82 Å². The summed E-state index contributed by atoms with van der Waals surface area (Å²) in [6, 6.07) is 11.3. The van der Waals surface area contributed by atoms with E-state index in [2.05, 4.69) is 4.72 Å². The molecule has 1 fully saturated rings. The summed E-state index contributed by atoms with van der Waals surface area (Å²) in [4.78, 5) is 26.2. The van der Waals surface area contributed by atoms with Gasteiger partial charge in [0.05, 0.1) is 17.4 Å². The molecule has 3 rings (SSSR count). The third kappa shape index (κ3) is 5.89. The largest absolute Gasteiger partial charge is 0.466 e. The third-order valence-electron chi connectivity index (χ3n) is 5.19. The molecule has 1 N–H and O–H groups in total. The van der Waals surface area contributed by atoms with Crippen LogP contribution in [0, 0.1) is 11.7 Å². The molecule has 0 saturated carbocycles. The molecule has 1 heterocycles. The Morgan fingerprint density at radius 1 is 1.06 bits per heavy atom. The van der Waals surface area contributed by atoms with E-state index in [0.29, 0.717) is 43.7 Å². The van der Waals surface area contributed by atoms with Gasteiger partial charge in [-0.1, -0.05) is 12.1 Å². The lowest BCUT2D eigenvalue weighted by atomic mass is 9.96. The monoisotopic (exact) mass is 448 g/mol. The number of likely N-dealkylation sites (tertiary alicyclic amines) is 1. The van der Waals surface area contributed by atoms with Gasteiger partial charge in [-0.2, -0.15) is 0 Å². The van der Waals surface area contributed by atoms with E-state index in [-0.39, 0.29) is 29.2 Å². The SMILES string of the molecule is CCOC(=O)C1CCN(C(=O)c2ccc(CNS(=O)(=O)c3ccc(F)cc3)cc2)CC1. The number of benzene rings is 2. The summed E-state index contributed by atoms with van der Waals surface area (Å²) in [5, 5.41) is 0. The minimum atomic E-state index is -3.76. The van der Waals surface area contributed by atoms with Crippen LogP contribution in [0.15, 0.2) is 53.4 Å². The number of amides is 1. The number of carbonyl (C=O) groups is 2. The summed E-state index contributed by atoms with van der Waals surface area (Å²) >= 11 is 0. The van der Waals surface area contributed by atoms with Gasteiger partial charge < -0.3 is 9.64 Å². The van der Waals surface area contributed by atoms with Gasteiger partial charge in [-0.25, -0.2) is 17.5 Å². The van der Waals surface area contributed by atoms with E-state index in [0.717, 1.165) is 12.1 Å². The number of esters is 1. The van der Waals surface area contributed by atoms with Gasteiger partial charge in [-0.3, -0.25) is 9.59 Å². The van der Waals surface area contributed by atoms with Crippen molar-refractivity contribution in [2.75, 3.05) is 19.7 Å². The second kappa shape index (κ2) is 10.0. The highest BCUT2D eigenvalue weighted by molar-refractivity contribution is 7.89. The number of ether oxygens (including phenoxy) is 1. The zero-order valence-corrected chi connectivity index (χ0v) is 18.0. The number of carbonyl (C=O) groups excluding carboxylic acids is 2. The molecule has 1 saturated heterocycles. The molecule has 0 bridgehead atoms. The highest BCUT2D eigenvalue weighted by Gasteiger charge is 2.28. The van der Waals surface area contributed by atoms with E-state index in [9.17, 15) is 22.4 Å². The third-order valence-corrected chi connectivity index (χ3v) is 6.61. The number of rotatable bonds is 7. The molecular weight excluding hydrogens is 423 g/mol. The average Bonchev–Trinajstić information content (AvgIpc) is 2.78. The van der Waals surface area contributed by atoms with Crippen LogP contribution in [0.3, 0.4) is 0 Å². The topological polar surface area (TPSA) is 92.8 Å². The van der Waals surface area contributed by atoms with Crippen molar-refractivity contribution in [3.8, 4) is 0 Å². The van der Waals surface area contributed by atoms with Crippen LogP contribution in [-0.4, -0.2) is 44.9 Å². The maximum atomic E-state index is 13.0. The number of nitrogens with zero attached hydrogens (tertiary/aromatic N) is 1. The Hall–Kier alpha value is -2.78. The molecule has 1 amide bonds. The summed E-state index contributed by atoms with van der Waals surface area (Å²) in [6.45, 7) is 3.14. The molecule has 2 aromatic carbocycles. The number of hydrogen-bond donors (Lipinski definition) is 1. The van der Waals surface area contributed by atoms with E-state index in [1.165, 1.54) is 12.1 Å². The van der Waals surface area contributed by atoms with Crippen LogP contribution in [0.4, 0.5) is 4.39 Å². The summed E-state index contributed by atoms with van der Waals surface area (Å²) in [5.41, 5.74) is 1.18. The van der Waals surface area contributed by atoms with Gasteiger partial charge in [0.15, 0.2) is 0 Å². The van der Waals surface area contributed by atoms with Gasteiger partial charge in [-0.05, 0) is 61.7 Å². The first-order valence-corrected chi connectivity index (χ1v) is 11.6. The van der Waals surface area contributed by atoms with Crippen molar-refractivity contribution < 1.29 is 27.1 Å². The Morgan fingerprint density at radius 2 is 1.68 bits per heavy atom. The molecule has 166 valence electrons. The van der Waals surface area contributed by atoms with E-state index in [1.807, 2.05) is 0 Å². The zero-order chi connectivity index (χ0) is 22.4. The molecule has 7 nitrogen and oxygen atoms in total. The Labute approximate surface area is 181 Å². The highest BCUT2D eigenvalue weighted by atomic mass is 32.2. The highest BCUT2D eigenvalue weighted by Crippen LogP contribution is 2.21. The fourth-order valence-corrected chi connectivity index (χ4v) is 4.42. The average molecular weight is 449 g/mol. The molecule has 31 heavy (non-hydrogen) atoms. The Bertz CT molecular complexity index is 1010. The van der Waals surface area contributed by atoms with Crippen molar-refractivity contribution in [2.24, 2.45) is 5.92 Å². The molecule has 0 spiro atoms. The normalized spacial score (nSPS) is 15.0. The van der Waals surface area contributed by atoms with Crippen molar-refractivity contribution >= 4 is 21.9 Å². The van der Waals surface area contributed by atoms with Gasteiger partial charge in [0, 0.05) is 25.2 Å². The predicted octanol–water partition coefficient (Wildman–Crippen LogP) is 2.72. The van der Waals surface area contributed by atoms with Gasteiger partial charge >= 0.3 is 5.97 Å². The Morgan fingerprint density at radius 3 is 2.26 bits per heavy atom. The quantitative estimate of drug-likeness (QED) is 0.658. The molecule has 0 atom stereocenters. The molecular formula is C22H25FN2O5S. The minimum Gasteiger partial charge on any atom is -0.466 e. The minimum absolute atomic E-state index is 0.0214. The number of hydrogen-bond acceptors (Lipinski definition) is 5. The zero-order valence-electron chi connectivity index (χ0n) is 17.2. The second-order valence-corrected chi connectivity index (χ2v) is 9.06. The van der Waals surface area contributed by atoms with E-state index in [1.54, 1.807) is 36.1 Å². The van der Waals surface area contributed by atoms with Gasteiger partial charge in [0.2, 0.25) is 10.0 Å². The molecule has 0 aromatic heterocycles. The van der Waals surface area contributed by atoms with Crippen LogP contribution < -0.4 is 4.72 Å². The van der Waals surface area contributed by atoms with E-state index in [4.69, 9.17) is 4.74 Å². The Balaban J connectivity index is 1.55. The van der Waals surface area contributed by atoms with Crippen molar-refractivity contribution in [1.29, 1.82) is 0 Å². The lowest BCUT2D eigenvalue weighted by Gasteiger charge is -2.31. The van der Waals surface area contributed by atoms with Crippen LogP contribution in [0.25, 0.3) is 0 Å². The fraction of sp³-hybridized carbons (Fsp3) is 0.364. The van der Waals surface area contributed by atoms with Crippen LogP contribution in [0.5, 0.6) is 0 Å². The summed E-state index contributed by atoms with van der Waals surface area (Å²) in [6.07, 6.45) is 1.15. The smallest absolute Gasteiger partial charge is 0.309 e. The molecule has 2 aromatic rings.